The van der Waals surface area contributed by atoms with Gasteiger partial charge in [-0.25, -0.2) is 0 Å². The van der Waals surface area contributed by atoms with E-state index in [0.717, 1.165) is 43.0 Å². The van der Waals surface area contributed by atoms with E-state index in [9.17, 15) is 0 Å². The lowest BCUT2D eigenvalue weighted by Gasteiger charge is -2.36. The van der Waals surface area contributed by atoms with E-state index in [4.69, 9.17) is 9.47 Å². The standard InChI is InChI=1S/C12H23IO2/c1-3-11(4-2)9-15-12(10-13)5-7-14-8-6-12/h11H,3-10H2,1-2H3. The largest absolute Gasteiger partial charge is 0.381 e. The van der Waals surface area contributed by atoms with Crippen molar-refractivity contribution in [2.45, 2.75) is 45.1 Å². The highest BCUT2D eigenvalue weighted by Crippen LogP contribution is 2.28. The Bertz CT molecular complexity index is 163. The third-order valence-corrected chi connectivity index (χ3v) is 4.82. The number of hydrogen-bond donors (Lipinski definition) is 0. The monoisotopic (exact) mass is 326 g/mol. The van der Waals surface area contributed by atoms with Gasteiger partial charge in [0.15, 0.2) is 0 Å². The second-order valence-electron chi connectivity index (χ2n) is 4.42. The molecule has 15 heavy (non-hydrogen) atoms. The van der Waals surface area contributed by atoms with Crippen LogP contribution in [0.4, 0.5) is 0 Å². The predicted octanol–water partition coefficient (Wildman–Crippen LogP) is 3.42. The zero-order chi connectivity index (χ0) is 11.1. The van der Waals surface area contributed by atoms with Crippen LogP contribution >= 0.6 is 22.6 Å². The fraction of sp³-hybridized carbons (Fsp3) is 1.00. The van der Waals surface area contributed by atoms with Crippen LogP contribution in [-0.2, 0) is 9.47 Å². The maximum absolute atomic E-state index is 6.18. The molecule has 0 aromatic carbocycles. The van der Waals surface area contributed by atoms with E-state index in [2.05, 4.69) is 36.4 Å². The van der Waals surface area contributed by atoms with E-state index in [0.29, 0.717) is 0 Å². The van der Waals surface area contributed by atoms with Crippen LogP contribution in [0.15, 0.2) is 0 Å². The molecule has 0 unspecified atom stereocenters. The van der Waals surface area contributed by atoms with Crippen molar-refractivity contribution in [2.24, 2.45) is 5.92 Å². The first-order chi connectivity index (χ1) is 7.26. The van der Waals surface area contributed by atoms with Gasteiger partial charge in [-0.2, -0.15) is 0 Å². The van der Waals surface area contributed by atoms with Crippen LogP contribution in [0.2, 0.25) is 0 Å². The summed E-state index contributed by atoms with van der Waals surface area (Å²) in [6.45, 7) is 7.16. The summed E-state index contributed by atoms with van der Waals surface area (Å²) in [4.78, 5) is 0. The molecule has 0 amide bonds. The van der Waals surface area contributed by atoms with Gasteiger partial charge in [-0.1, -0.05) is 49.3 Å². The lowest BCUT2D eigenvalue weighted by molar-refractivity contribution is -0.104. The van der Waals surface area contributed by atoms with Crippen LogP contribution in [-0.4, -0.2) is 29.8 Å². The maximum atomic E-state index is 6.18. The van der Waals surface area contributed by atoms with Crippen LogP contribution in [0.5, 0.6) is 0 Å². The fourth-order valence-corrected chi connectivity index (χ4v) is 2.86. The van der Waals surface area contributed by atoms with E-state index >= 15 is 0 Å². The molecule has 1 aliphatic rings. The molecule has 1 fully saturated rings. The van der Waals surface area contributed by atoms with Crippen molar-refractivity contribution in [1.29, 1.82) is 0 Å². The summed E-state index contributed by atoms with van der Waals surface area (Å²) in [6, 6.07) is 0. The molecule has 90 valence electrons. The Morgan fingerprint density at radius 1 is 1.27 bits per heavy atom. The first kappa shape index (κ1) is 13.7. The second-order valence-corrected chi connectivity index (χ2v) is 5.19. The normalized spacial score (nSPS) is 20.8. The number of ether oxygens (including phenoxy) is 2. The molecule has 0 aliphatic carbocycles. The summed E-state index contributed by atoms with van der Waals surface area (Å²) in [6.07, 6.45) is 4.58. The highest BCUT2D eigenvalue weighted by molar-refractivity contribution is 14.1. The summed E-state index contributed by atoms with van der Waals surface area (Å²) in [5.74, 6) is 0.729. The van der Waals surface area contributed by atoms with E-state index in [1.807, 2.05) is 0 Å². The summed E-state index contributed by atoms with van der Waals surface area (Å²) in [5.41, 5.74) is 0.113. The molecule has 3 heteroatoms. The minimum Gasteiger partial charge on any atom is -0.381 e. The molecule has 0 bridgehead atoms. The molecule has 1 aliphatic heterocycles. The number of alkyl halides is 1. The van der Waals surface area contributed by atoms with Gasteiger partial charge in [0.2, 0.25) is 0 Å². The van der Waals surface area contributed by atoms with Crippen molar-refractivity contribution in [3.8, 4) is 0 Å². The molecule has 0 atom stereocenters. The van der Waals surface area contributed by atoms with Gasteiger partial charge in [-0.05, 0) is 5.92 Å². The van der Waals surface area contributed by atoms with Crippen LogP contribution in [0.25, 0.3) is 0 Å². The van der Waals surface area contributed by atoms with E-state index in [1.165, 1.54) is 12.8 Å². The van der Waals surface area contributed by atoms with Crippen LogP contribution < -0.4 is 0 Å². The minimum atomic E-state index is 0.113. The van der Waals surface area contributed by atoms with Gasteiger partial charge in [0.1, 0.15) is 0 Å². The molecule has 1 rings (SSSR count). The molecule has 1 saturated heterocycles. The minimum absolute atomic E-state index is 0.113. The predicted molar refractivity (Wildman–Crippen MR) is 71.7 cm³/mol. The van der Waals surface area contributed by atoms with Gasteiger partial charge in [0.05, 0.1) is 12.2 Å². The molecular weight excluding hydrogens is 303 g/mol. The zero-order valence-electron chi connectivity index (χ0n) is 9.93. The van der Waals surface area contributed by atoms with Crippen molar-refractivity contribution in [3.05, 3.63) is 0 Å². The molecule has 0 aromatic rings. The van der Waals surface area contributed by atoms with Crippen molar-refractivity contribution in [2.75, 3.05) is 24.2 Å². The molecule has 0 spiro atoms. The summed E-state index contributed by atoms with van der Waals surface area (Å²) >= 11 is 2.45. The first-order valence-electron chi connectivity index (χ1n) is 6.04. The summed E-state index contributed by atoms with van der Waals surface area (Å²) in [7, 11) is 0. The highest BCUT2D eigenvalue weighted by atomic mass is 127. The third-order valence-electron chi connectivity index (χ3n) is 3.43. The van der Waals surface area contributed by atoms with Crippen molar-refractivity contribution >= 4 is 22.6 Å². The second kappa shape index (κ2) is 7.07. The quantitative estimate of drug-likeness (QED) is 0.550. The average Bonchev–Trinajstić information content (AvgIpc) is 2.31. The van der Waals surface area contributed by atoms with Crippen LogP contribution in [0.1, 0.15) is 39.5 Å². The average molecular weight is 326 g/mol. The molecule has 2 nitrogen and oxygen atoms in total. The Kier molecular flexibility index (Phi) is 6.46. The van der Waals surface area contributed by atoms with Gasteiger partial charge in [0.25, 0.3) is 0 Å². The van der Waals surface area contributed by atoms with Gasteiger partial charge < -0.3 is 9.47 Å². The first-order valence-corrected chi connectivity index (χ1v) is 7.56. The number of rotatable bonds is 6. The Labute approximate surface area is 107 Å². The highest BCUT2D eigenvalue weighted by Gasteiger charge is 2.32. The molecule has 0 N–H and O–H groups in total. The molecule has 0 saturated carbocycles. The number of halogens is 1. The molecule has 0 aromatic heterocycles. The Balaban J connectivity index is 2.38. The van der Waals surface area contributed by atoms with Crippen molar-refractivity contribution in [3.63, 3.8) is 0 Å². The SMILES string of the molecule is CCC(CC)COC1(CI)CCOCC1. The van der Waals surface area contributed by atoms with E-state index in [-0.39, 0.29) is 5.60 Å². The zero-order valence-corrected chi connectivity index (χ0v) is 12.1. The topological polar surface area (TPSA) is 18.5 Å². The Hall–Kier alpha value is 0.650. The Morgan fingerprint density at radius 2 is 1.87 bits per heavy atom. The fourth-order valence-electron chi connectivity index (χ4n) is 1.88. The van der Waals surface area contributed by atoms with E-state index < -0.39 is 0 Å². The van der Waals surface area contributed by atoms with Crippen LogP contribution in [0, 0.1) is 5.92 Å². The smallest absolute Gasteiger partial charge is 0.0815 e. The van der Waals surface area contributed by atoms with Gasteiger partial charge in [-0.3, -0.25) is 0 Å². The summed E-state index contributed by atoms with van der Waals surface area (Å²) < 4.78 is 12.7. The van der Waals surface area contributed by atoms with Crippen molar-refractivity contribution in [1.82, 2.24) is 0 Å². The Morgan fingerprint density at radius 3 is 2.33 bits per heavy atom. The van der Waals surface area contributed by atoms with Gasteiger partial charge in [0, 0.05) is 30.5 Å². The number of hydrogen-bond acceptors (Lipinski definition) is 2. The third kappa shape index (κ3) is 4.19. The van der Waals surface area contributed by atoms with Crippen LogP contribution in [0.3, 0.4) is 0 Å². The maximum Gasteiger partial charge on any atom is 0.0815 e. The summed E-state index contributed by atoms with van der Waals surface area (Å²) in [5, 5.41) is 0. The van der Waals surface area contributed by atoms with E-state index in [1.54, 1.807) is 0 Å². The van der Waals surface area contributed by atoms with Gasteiger partial charge >= 0.3 is 0 Å². The molecule has 1 heterocycles. The van der Waals surface area contributed by atoms with Crippen molar-refractivity contribution < 1.29 is 9.47 Å². The lowest BCUT2D eigenvalue weighted by atomic mass is 9.96. The molecular formula is C12H23IO2. The van der Waals surface area contributed by atoms with Gasteiger partial charge in [-0.15, -0.1) is 0 Å². The molecule has 0 radical (unpaired) electrons. The lowest BCUT2D eigenvalue weighted by Crippen LogP contribution is -2.41.